The van der Waals surface area contributed by atoms with Crippen LogP contribution in [-0.2, 0) is 27.8 Å². The Balaban J connectivity index is 1.88. The minimum Gasteiger partial charge on any atom is -0.305 e. The maximum Gasteiger partial charge on any atom is 0.264 e. The second-order valence-corrected chi connectivity index (χ2v) is 11.8. The number of aromatic nitrogens is 1. The normalized spacial score (nSPS) is 12.0. The van der Waals surface area contributed by atoms with Gasteiger partial charge in [0.2, 0.25) is 5.91 Å². The summed E-state index contributed by atoms with van der Waals surface area (Å²) in [5.41, 5.74) is 7.69. The zero-order valence-corrected chi connectivity index (χ0v) is 22.3. The summed E-state index contributed by atoms with van der Waals surface area (Å²) < 4.78 is 28.0. The molecular formula is C26H33N3O3S2. The van der Waals surface area contributed by atoms with Gasteiger partial charge in [-0.2, -0.15) is 0 Å². The minimum atomic E-state index is -3.96. The van der Waals surface area contributed by atoms with Crippen molar-refractivity contribution in [2.75, 3.05) is 14.1 Å². The van der Waals surface area contributed by atoms with Crippen molar-refractivity contribution in [1.82, 2.24) is 14.6 Å². The molecule has 1 N–H and O–H groups in total. The highest BCUT2D eigenvalue weighted by Crippen LogP contribution is 2.34. The van der Waals surface area contributed by atoms with E-state index in [2.05, 4.69) is 49.5 Å². The Hall–Kier alpha value is -2.55. The highest BCUT2D eigenvalue weighted by Gasteiger charge is 2.23. The van der Waals surface area contributed by atoms with E-state index in [4.69, 9.17) is 0 Å². The van der Waals surface area contributed by atoms with Gasteiger partial charge in [0.15, 0.2) is 0 Å². The Labute approximate surface area is 207 Å². The number of hydrogen-bond acceptors (Lipinski definition) is 6. The third-order valence-corrected chi connectivity index (χ3v) is 7.58. The fraction of sp³-hybridized carbons (Fsp3) is 0.385. The van der Waals surface area contributed by atoms with Gasteiger partial charge >= 0.3 is 0 Å². The summed E-state index contributed by atoms with van der Waals surface area (Å²) in [7, 11) is -0.0574. The molecule has 34 heavy (non-hydrogen) atoms. The van der Waals surface area contributed by atoms with E-state index in [1.807, 2.05) is 24.4 Å². The van der Waals surface area contributed by atoms with Gasteiger partial charge in [-0.25, -0.2) is 18.1 Å². The predicted molar refractivity (Wildman–Crippen MR) is 139 cm³/mol. The van der Waals surface area contributed by atoms with Gasteiger partial charge < -0.3 is 4.90 Å². The fourth-order valence-corrected chi connectivity index (χ4v) is 5.54. The van der Waals surface area contributed by atoms with E-state index < -0.39 is 15.9 Å². The number of sulfonamides is 1. The number of nitrogens with one attached hydrogen (secondary N) is 1. The van der Waals surface area contributed by atoms with Crippen LogP contribution in [0.1, 0.15) is 61.8 Å². The molecule has 1 aromatic heterocycles. The van der Waals surface area contributed by atoms with Gasteiger partial charge in [-0.15, -0.1) is 11.3 Å². The minimum absolute atomic E-state index is 0.00366. The summed E-state index contributed by atoms with van der Waals surface area (Å²) in [4.78, 5) is 19.5. The second-order valence-electron chi connectivity index (χ2n) is 9.40. The molecule has 0 aliphatic carbocycles. The number of hydrogen-bond donors (Lipinski definition) is 1. The van der Waals surface area contributed by atoms with Gasteiger partial charge in [-0.3, -0.25) is 4.79 Å². The topological polar surface area (TPSA) is 79.4 Å². The lowest BCUT2D eigenvalue weighted by atomic mass is 9.84. The van der Waals surface area contributed by atoms with Gasteiger partial charge in [0, 0.05) is 17.5 Å². The van der Waals surface area contributed by atoms with Crippen molar-refractivity contribution in [1.29, 1.82) is 0 Å². The summed E-state index contributed by atoms with van der Waals surface area (Å²) in [5.74, 6) is -0.206. The zero-order chi connectivity index (χ0) is 25.0. The van der Waals surface area contributed by atoms with E-state index >= 15 is 0 Å². The molecule has 0 radical (unpaired) electrons. The van der Waals surface area contributed by atoms with Crippen LogP contribution in [-0.4, -0.2) is 38.3 Å². The van der Waals surface area contributed by atoms with E-state index in [1.165, 1.54) is 12.1 Å². The van der Waals surface area contributed by atoms with Crippen LogP contribution in [0.5, 0.6) is 0 Å². The largest absolute Gasteiger partial charge is 0.305 e. The van der Waals surface area contributed by atoms with Crippen molar-refractivity contribution >= 4 is 27.3 Å². The number of thiazole rings is 1. The van der Waals surface area contributed by atoms with Crippen molar-refractivity contribution < 1.29 is 13.2 Å². The Bertz CT molecular complexity index is 1200. The van der Waals surface area contributed by atoms with Gasteiger partial charge in [-0.05, 0) is 72.5 Å². The predicted octanol–water partition coefficient (Wildman–Crippen LogP) is 5.17. The van der Waals surface area contributed by atoms with Gasteiger partial charge in [0.1, 0.15) is 0 Å². The summed E-state index contributed by atoms with van der Waals surface area (Å²) in [6, 6.07) is 10.8. The SMILES string of the molecule is CC(C)c1cc(-c2cscn2)cc(C(C)C)c1CC(=O)NS(=O)(=O)c1ccc(CN(C)C)cc1. The Morgan fingerprint density at radius 3 is 2.09 bits per heavy atom. The van der Waals surface area contributed by atoms with Crippen molar-refractivity contribution in [3.63, 3.8) is 0 Å². The van der Waals surface area contributed by atoms with Crippen molar-refractivity contribution in [2.24, 2.45) is 0 Å². The lowest BCUT2D eigenvalue weighted by molar-refractivity contribution is -0.118. The molecule has 1 heterocycles. The molecule has 182 valence electrons. The first-order valence-corrected chi connectivity index (χ1v) is 13.7. The molecule has 8 heteroatoms. The van der Waals surface area contributed by atoms with Gasteiger partial charge in [0.25, 0.3) is 10.0 Å². The number of nitrogens with zero attached hydrogens (tertiary/aromatic N) is 2. The Morgan fingerprint density at radius 1 is 1.03 bits per heavy atom. The van der Waals surface area contributed by atoms with E-state index in [0.717, 1.165) is 33.5 Å². The number of amides is 1. The van der Waals surface area contributed by atoms with Crippen LogP contribution < -0.4 is 4.72 Å². The maximum absolute atomic E-state index is 13.0. The monoisotopic (exact) mass is 499 g/mol. The van der Waals surface area contributed by atoms with Crippen LogP contribution in [0.3, 0.4) is 0 Å². The molecule has 0 unspecified atom stereocenters. The Morgan fingerprint density at radius 2 is 1.62 bits per heavy atom. The molecule has 1 amide bonds. The molecule has 0 bridgehead atoms. The van der Waals surface area contributed by atoms with Crippen LogP contribution in [0.2, 0.25) is 0 Å². The average molecular weight is 500 g/mol. The lowest BCUT2D eigenvalue weighted by Crippen LogP contribution is -2.32. The molecule has 2 aromatic carbocycles. The highest BCUT2D eigenvalue weighted by molar-refractivity contribution is 7.90. The molecule has 3 rings (SSSR count). The first kappa shape index (κ1) is 26.1. The molecule has 0 aliphatic rings. The van der Waals surface area contributed by atoms with E-state index in [0.29, 0.717) is 6.54 Å². The standard InChI is InChI=1S/C26H33N3O3S2/c1-17(2)22-11-20(25-15-33-16-27-25)12-23(18(3)4)24(22)13-26(30)28-34(31,32)21-9-7-19(8-10-21)14-29(5)6/h7-12,15-18H,13-14H2,1-6H3,(H,28,30). The Kier molecular flexibility index (Phi) is 8.28. The first-order chi connectivity index (χ1) is 16.0. The van der Waals surface area contributed by atoms with Crippen molar-refractivity contribution in [3.8, 4) is 11.3 Å². The number of carbonyl (C=O) groups is 1. The van der Waals surface area contributed by atoms with E-state index in [9.17, 15) is 13.2 Å². The van der Waals surface area contributed by atoms with Crippen LogP contribution in [0.15, 0.2) is 52.2 Å². The molecule has 0 aliphatic heterocycles. The smallest absolute Gasteiger partial charge is 0.264 e. The van der Waals surface area contributed by atoms with Crippen molar-refractivity contribution in [2.45, 2.75) is 57.4 Å². The summed E-state index contributed by atoms with van der Waals surface area (Å²) in [6.45, 7) is 9.03. The molecule has 0 atom stereocenters. The number of carbonyl (C=O) groups excluding carboxylic acids is 1. The molecular weight excluding hydrogens is 466 g/mol. The summed E-state index contributed by atoms with van der Waals surface area (Å²) >= 11 is 1.54. The lowest BCUT2D eigenvalue weighted by Gasteiger charge is -2.21. The van der Waals surface area contributed by atoms with E-state index in [-0.39, 0.29) is 23.2 Å². The van der Waals surface area contributed by atoms with E-state index in [1.54, 1.807) is 29.0 Å². The molecule has 3 aromatic rings. The quantitative estimate of drug-likeness (QED) is 0.440. The molecule has 6 nitrogen and oxygen atoms in total. The molecule has 0 saturated heterocycles. The second kappa shape index (κ2) is 10.8. The fourth-order valence-electron chi connectivity index (χ4n) is 4.00. The summed E-state index contributed by atoms with van der Waals surface area (Å²) in [5, 5.41) is 2.01. The maximum atomic E-state index is 13.0. The zero-order valence-electron chi connectivity index (χ0n) is 20.6. The van der Waals surface area contributed by atoms with Crippen LogP contribution >= 0.6 is 11.3 Å². The van der Waals surface area contributed by atoms with Crippen LogP contribution in [0, 0.1) is 0 Å². The third kappa shape index (κ3) is 6.31. The van der Waals surface area contributed by atoms with Crippen molar-refractivity contribution in [3.05, 3.63) is 69.5 Å². The van der Waals surface area contributed by atoms with Crippen LogP contribution in [0.4, 0.5) is 0 Å². The van der Waals surface area contributed by atoms with Crippen LogP contribution in [0.25, 0.3) is 11.3 Å². The molecule has 0 saturated carbocycles. The number of benzene rings is 2. The first-order valence-electron chi connectivity index (χ1n) is 11.3. The number of rotatable bonds is 9. The highest BCUT2D eigenvalue weighted by atomic mass is 32.2. The molecule has 0 spiro atoms. The summed E-state index contributed by atoms with van der Waals surface area (Å²) in [6.07, 6.45) is -0.00366. The van der Waals surface area contributed by atoms with Gasteiger partial charge in [-0.1, -0.05) is 39.8 Å². The van der Waals surface area contributed by atoms with Gasteiger partial charge in [0.05, 0.1) is 22.5 Å². The average Bonchev–Trinajstić information content (AvgIpc) is 3.28. The third-order valence-electron chi connectivity index (χ3n) is 5.61. The molecule has 0 fully saturated rings.